The number of carboxylic acids is 1. The van der Waals surface area contributed by atoms with Crippen molar-refractivity contribution in [2.45, 2.75) is 174 Å². The van der Waals surface area contributed by atoms with Crippen LogP contribution in [0.2, 0.25) is 0 Å². The van der Waals surface area contributed by atoms with Crippen LogP contribution < -0.4 is 5.11 Å². The maximum Gasteiger partial charge on any atom is 0.306 e. The molecular formula is C56H89NO7. The minimum absolute atomic E-state index is 0.00951. The molecule has 0 radical (unpaired) electrons. The average molecular weight is 888 g/mol. The Bertz CT molecular complexity index is 1450. The van der Waals surface area contributed by atoms with Gasteiger partial charge in [-0.3, -0.25) is 9.59 Å². The zero-order valence-electron chi connectivity index (χ0n) is 40.9. The van der Waals surface area contributed by atoms with Crippen molar-refractivity contribution in [1.29, 1.82) is 0 Å². The van der Waals surface area contributed by atoms with Crippen LogP contribution in [0.5, 0.6) is 0 Å². The van der Waals surface area contributed by atoms with Gasteiger partial charge in [0.15, 0.2) is 6.10 Å². The van der Waals surface area contributed by atoms with Gasteiger partial charge in [-0.05, 0) is 96.3 Å². The Kier molecular flexibility index (Phi) is 42.3. The van der Waals surface area contributed by atoms with Crippen LogP contribution in [0.25, 0.3) is 0 Å². The number of allylic oxidation sites excluding steroid dienone is 20. The minimum Gasteiger partial charge on any atom is -0.544 e. The van der Waals surface area contributed by atoms with Gasteiger partial charge in [-0.2, -0.15) is 0 Å². The minimum atomic E-state index is -1.14. The molecule has 8 heteroatoms. The summed E-state index contributed by atoms with van der Waals surface area (Å²) in [5.74, 6) is -1.84. The normalized spacial score (nSPS) is 14.0. The Hall–Kier alpha value is -4.27. The SMILES string of the molecule is CC/C=C/C/C=C/C/C=C/C/C=C/C/C=C/CCCCCCCCCC(=O)OC(COCCC(C(=O)[O-])[N+](C)(C)C)COC(=O)CCC/C=C/C/C=C/C/C=C/C/C=C/C/C=C/CC. The van der Waals surface area contributed by atoms with Crippen LogP contribution in [0, 0.1) is 0 Å². The van der Waals surface area contributed by atoms with E-state index in [1.165, 1.54) is 19.3 Å². The fourth-order valence-electron chi connectivity index (χ4n) is 6.37. The van der Waals surface area contributed by atoms with Crippen molar-refractivity contribution in [3.8, 4) is 0 Å². The highest BCUT2D eigenvalue weighted by atomic mass is 16.6. The van der Waals surface area contributed by atoms with Gasteiger partial charge in [-0.1, -0.05) is 167 Å². The Balaban J connectivity index is 4.40. The first-order chi connectivity index (χ1) is 31.1. The highest BCUT2D eigenvalue weighted by molar-refractivity contribution is 5.70. The van der Waals surface area contributed by atoms with E-state index in [-0.39, 0.29) is 55.5 Å². The first kappa shape index (κ1) is 59.7. The van der Waals surface area contributed by atoms with Gasteiger partial charge in [0.1, 0.15) is 12.6 Å². The van der Waals surface area contributed by atoms with E-state index in [0.29, 0.717) is 6.42 Å². The fourth-order valence-corrected chi connectivity index (χ4v) is 6.37. The maximum absolute atomic E-state index is 12.8. The number of hydrogen-bond donors (Lipinski definition) is 0. The van der Waals surface area contributed by atoms with Crippen molar-refractivity contribution < 1.29 is 38.2 Å². The summed E-state index contributed by atoms with van der Waals surface area (Å²) in [6.07, 6.45) is 63.8. The summed E-state index contributed by atoms with van der Waals surface area (Å²) in [6, 6.07) is -0.745. The molecular weight excluding hydrogens is 799 g/mol. The summed E-state index contributed by atoms with van der Waals surface area (Å²) in [6.45, 7) is 4.34. The summed E-state index contributed by atoms with van der Waals surface area (Å²) in [7, 11) is 5.38. The molecule has 64 heavy (non-hydrogen) atoms. The van der Waals surface area contributed by atoms with E-state index in [9.17, 15) is 19.5 Å². The molecule has 0 fully saturated rings. The third kappa shape index (κ3) is 43.0. The van der Waals surface area contributed by atoms with E-state index >= 15 is 0 Å². The van der Waals surface area contributed by atoms with E-state index in [1.54, 1.807) is 21.1 Å². The smallest absolute Gasteiger partial charge is 0.306 e. The molecule has 0 spiro atoms. The second-order valence-corrected chi connectivity index (χ2v) is 16.9. The van der Waals surface area contributed by atoms with Gasteiger partial charge in [0.25, 0.3) is 0 Å². The third-order valence-electron chi connectivity index (χ3n) is 10.1. The first-order valence-corrected chi connectivity index (χ1v) is 24.6. The summed E-state index contributed by atoms with van der Waals surface area (Å²) in [5, 5.41) is 11.7. The third-order valence-corrected chi connectivity index (χ3v) is 10.1. The molecule has 0 amide bonds. The molecule has 0 aromatic rings. The summed E-state index contributed by atoms with van der Waals surface area (Å²) >= 11 is 0. The van der Waals surface area contributed by atoms with Gasteiger partial charge in [-0.15, -0.1) is 0 Å². The maximum atomic E-state index is 12.8. The van der Waals surface area contributed by atoms with E-state index in [0.717, 1.165) is 103 Å². The number of carboxylic acid groups (broad SMARTS) is 1. The Morgan fingerprint density at radius 2 is 0.844 bits per heavy atom. The van der Waals surface area contributed by atoms with Gasteiger partial charge >= 0.3 is 11.9 Å². The highest BCUT2D eigenvalue weighted by Crippen LogP contribution is 2.13. The second-order valence-electron chi connectivity index (χ2n) is 16.9. The van der Waals surface area contributed by atoms with Crippen molar-refractivity contribution in [3.63, 3.8) is 0 Å². The van der Waals surface area contributed by atoms with Gasteiger partial charge in [-0.25, -0.2) is 0 Å². The lowest BCUT2D eigenvalue weighted by Gasteiger charge is -2.34. The van der Waals surface area contributed by atoms with Crippen LogP contribution in [0.4, 0.5) is 0 Å². The molecule has 0 bridgehead atoms. The number of rotatable bonds is 42. The van der Waals surface area contributed by atoms with Crippen LogP contribution in [0.1, 0.15) is 162 Å². The van der Waals surface area contributed by atoms with Gasteiger partial charge in [0.05, 0.1) is 40.3 Å². The first-order valence-electron chi connectivity index (χ1n) is 24.6. The number of unbranched alkanes of at least 4 members (excludes halogenated alkanes) is 8. The summed E-state index contributed by atoms with van der Waals surface area (Å²) in [4.78, 5) is 37.0. The molecule has 2 unspecified atom stereocenters. The highest BCUT2D eigenvalue weighted by Gasteiger charge is 2.25. The number of esters is 2. The lowest BCUT2D eigenvalue weighted by molar-refractivity contribution is -0.889. The molecule has 0 rings (SSSR count). The molecule has 0 aliphatic heterocycles. The van der Waals surface area contributed by atoms with Crippen LogP contribution in [0.3, 0.4) is 0 Å². The second kappa shape index (κ2) is 45.3. The van der Waals surface area contributed by atoms with Crippen molar-refractivity contribution in [2.24, 2.45) is 0 Å². The molecule has 360 valence electrons. The molecule has 0 saturated carbocycles. The summed E-state index contributed by atoms with van der Waals surface area (Å²) < 4.78 is 17.1. The number of aliphatic carboxylic acids is 1. The molecule has 0 aliphatic carbocycles. The number of nitrogens with zero attached hydrogens (tertiary/aromatic N) is 1. The van der Waals surface area contributed by atoms with Gasteiger partial charge in [0, 0.05) is 19.3 Å². The molecule has 0 aromatic heterocycles. The molecule has 8 nitrogen and oxygen atoms in total. The van der Waals surface area contributed by atoms with E-state index in [4.69, 9.17) is 14.2 Å². The van der Waals surface area contributed by atoms with Gasteiger partial charge in [0.2, 0.25) is 0 Å². The number of hydrogen-bond acceptors (Lipinski definition) is 7. The Morgan fingerprint density at radius 1 is 0.469 bits per heavy atom. The molecule has 0 aromatic carbocycles. The zero-order valence-corrected chi connectivity index (χ0v) is 40.9. The van der Waals surface area contributed by atoms with Crippen molar-refractivity contribution in [2.75, 3.05) is 41.0 Å². The predicted octanol–water partition coefficient (Wildman–Crippen LogP) is 12.9. The van der Waals surface area contributed by atoms with Gasteiger partial charge < -0.3 is 28.6 Å². The van der Waals surface area contributed by atoms with E-state index in [2.05, 4.69) is 135 Å². The van der Waals surface area contributed by atoms with Crippen LogP contribution >= 0.6 is 0 Å². The topological polar surface area (TPSA) is 102 Å². The molecule has 0 heterocycles. The molecule has 2 atom stereocenters. The zero-order chi connectivity index (χ0) is 47.0. The Labute approximate surface area is 391 Å². The number of carbonyl (C=O) groups is 3. The number of carbonyl (C=O) groups excluding carboxylic acids is 3. The van der Waals surface area contributed by atoms with Crippen molar-refractivity contribution in [3.05, 3.63) is 122 Å². The fraction of sp³-hybridized carbons (Fsp3) is 0.589. The van der Waals surface area contributed by atoms with Crippen LogP contribution in [0.15, 0.2) is 122 Å². The molecule has 0 saturated heterocycles. The Morgan fingerprint density at radius 3 is 1.27 bits per heavy atom. The lowest BCUT2D eigenvalue weighted by Crippen LogP contribution is -2.55. The largest absolute Gasteiger partial charge is 0.544 e. The molecule has 0 aliphatic rings. The van der Waals surface area contributed by atoms with E-state index in [1.807, 2.05) is 0 Å². The van der Waals surface area contributed by atoms with Crippen molar-refractivity contribution in [1.82, 2.24) is 0 Å². The number of quaternary nitrogens is 1. The van der Waals surface area contributed by atoms with Crippen LogP contribution in [-0.2, 0) is 28.6 Å². The standard InChI is InChI=1S/C56H89NO7/c1-6-8-10-12-14-16-18-20-22-24-25-26-27-28-29-31-33-35-37-39-41-43-45-47-55(59)64-52(50-62-49-48-53(56(60)61)57(3,4)5)51-63-54(58)46-44-42-40-38-36-34-32-30-23-21-19-17-15-13-11-9-7-2/h8-11,14-17,20-23,25-26,28-29,32,34,38,40,52-53H,6-7,12-13,18-19,24,27,30-31,33,35-37,39,41-51H2,1-5H3/b10-8+,11-9+,16-14+,17-15+,22-20+,23-21+,26-25+,29-28+,34-32+,40-38+. The van der Waals surface area contributed by atoms with Crippen LogP contribution in [-0.4, -0.2) is 75.5 Å². The summed E-state index contributed by atoms with van der Waals surface area (Å²) in [5.41, 5.74) is 0. The van der Waals surface area contributed by atoms with E-state index < -0.39 is 18.1 Å². The molecule has 0 N–H and O–H groups in total. The lowest BCUT2D eigenvalue weighted by atomic mass is 10.1. The predicted molar refractivity (Wildman–Crippen MR) is 267 cm³/mol. The van der Waals surface area contributed by atoms with Crippen molar-refractivity contribution >= 4 is 17.9 Å². The monoisotopic (exact) mass is 888 g/mol. The number of likely N-dealkylation sites (N-methyl/N-ethyl adjacent to an activating group) is 1. The quantitative estimate of drug-likeness (QED) is 0.0260. The average Bonchev–Trinajstić information content (AvgIpc) is 3.26. The number of ether oxygens (including phenoxy) is 3.